The summed E-state index contributed by atoms with van der Waals surface area (Å²) in [6.07, 6.45) is 63.5. The highest BCUT2D eigenvalue weighted by molar-refractivity contribution is 7.47. The second-order valence-corrected chi connectivity index (χ2v) is 32.0. The molecule has 0 aliphatic rings. The summed E-state index contributed by atoms with van der Waals surface area (Å²) in [5, 5.41) is 10.6. The molecule has 0 saturated heterocycles. The molecule has 19 heteroatoms. The van der Waals surface area contributed by atoms with Crippen molar-refractivity contribution in [3.8, 4) is 0 Å². The fraction of sp³-hybridized carbons (Fsp3) is 0.900. The minimum absolute atomic E-state index is 0.102. The summed E-state index contributed by atoms with van der Waals surface area (Å²) in [5.41, 5.74) is 0. The Balaban J connectivity index is 5.24. The number of phosphoric acid groups is 2. The fourth-order valence-electron chi connectivity index (χ4n) is 11.8. The zero-order valence-electron chi connectivity index (χ0n) is 64.3. The van der Waals surface area contributed by atoms with E-state index in [0.29, 0.717) is 31.6 Å². The van der Waals surface area contributed by atoms with Gasteiger partial charge in [0.2, 0.25) is 0 Å². The van der Waals surface area contributed by atoms with E-state index in [9.17, 15) is 43.2 Å². The quantitative estimate of drug-likeness (QED) is 0.0169. The third-order valence-corrected chi connectivity index (χ3v) is 20.0. The van der Waals surface area contributed by atoms with Crippen LogP contribution in [0.3, 0.4) is 0 Å². The van der Waals surface area contributed by atoms with Crippen LogP contribution in [-0.4, -0.2) is 96.7 Å². The first-order valence-electron chi connectivity index (χ1n) is 40.8. The Morgan fingerprint density at radius 3 is 0.828 bits per heavy atom. The number of aliphatic hydroxyl groups excluding tert-OH is 1. The Kier molecular flexibility index (Phi) is 69.4. The standard InChI is InChI=1S/C80H152O17P2/c1-7-9-11-13-15-17-19-21-23-24-25-26-27-28-30-32-36-40-44-52-58-64-79(84)96-75(68-90-77(82)62-56-50-43-39-35-31-29-22-20-18-16-14-12-10-8-2)70-94-98(86,87)92-66-74(81)67-93-99(88,89)95-71-76(69-91-78(83)63-57-51-47-46-49-55-61-73(5)6)97-80(85)65-59-53-45-41-37-33-34-38-42-48-54-60-72(3)4/h18,20,22,29,72-76,81H,7-17,19,21,23-28,30-71H2,1-6H3,(H,86,87)(H,88,89)/b20-18-,29-22-/t74-,75-,76-/m1/s1. The number of hydrogen-bond acceptors (Lipinski definition) is 15. The van der Waals surface area contributed by atoms with Gasteiger partial charge in [0, 0.05) is 25.7 Å². The topological polar surface area (TPSA) is 237 Å². The van der Waals surface area contributed by atoms with E-state index in [-0.39, 0.29) is 25.7 Å². The lowest BCUT2D eigenvalue weighted by atomic mass is 10.0. The Bertz CT molecular complexity index is 2000. The lowest BCUT2D eigenvalue weighted by molar-refractivity contribution is -0.161. The molecule has 0 heterocycles. The molecule has 584 valence electrons. The van der Waals surface area contributed by atoms with Gasteiger partial charge in [0.25, 0.3) is 0 Å². The number of allylic oxidation sites excluding steroid dienone is 4. The smallest absolute Gasteiger partial charge is 0.462 e. The van der Waals surface area contributed by atoms with Crippen LogP contribution in [0.2, 0.25) is 0 Å². The molecule has 0 aromatic rings. The van der Waals surface area contributed by atoms with E-state index in [1.165, 1.54) is 186 Å². The first kappa shape index (κ1) is 96.5. The van der Waals surface area contributed by atoms with Crippen molar-refractivity contribution in [2.45, 2.75) is 413 Å². The molecule has 17 nitrogen and oxygen atoms in total. The minimum atomic E-state index is -4.97. The highest BCUT2D eigenvalue weighted by atomic mass is 31.2. The SMILES string of the molecule is CCCCCC/C=C\C=C/CCCCCCCC(=O)OC[C@H](COP(=O)(O)OC[C@@H](O)COP(=O)(O)OC[C@@H](COC(=O)CCCCCCCCC(C)C)OC(=O)CCCCCCCCCCCCCC(C)C)OC(=O)CCCCCCCCCCCCCCCCCCCCCCC. The van der Waals surface area contributed by atoms with Gasteiger partial charge in [0.05, 0.1) is 26.4 Å². The van der Waals surface area contributed by atoms with Crippen molar-refractivity contribution in [2.75, 3.05) is 39.6 Å². The molecule has 0 radical (unpaired) electrons. The van der Waals surface area contributed by atoms with E-state index in [1.807, 2.05) is 0 Å². The molecule has 3 N–H and O–H groups in total. The zero-order chi connectivity index (χ0) is 72.8. The maximum atomic E-state index is 13.1. The zero-order valence-corrected chi connectivity index (χ0v) is 66.1. The Hall–Kier alpha value is -2.46. The van der Waals surface area contributed by atoms with Crippen LogP contribution in [0.25, 0.3) is 0 Å². The largest absolute Gasteiger partial charge is 0.472 e. The molecule has 0 saturated carbocycles. The second kappa shape index (κ2) is 71.2. The number of phosphoric ester groups is 2. The number of esters is 4. The van der Waals surface area contributed by atoms with Gasteiger partial charge in [0.1, 0.15) is 19.3 Å². The van der Waals surface area contributed by atoms with Crippen molar-refractivity contribution in [3.63, 3.8) is 0 Å². The maximum absolute atomic E-state index is 13.1. The normalized spacial score (nSPS) is 14.1. The van der Waals surface area contributed by atoms with E-state index < -0.39 is 97.5 Å². The van der Waals surface area contributed by atoms with E-state index in [2.05, 4.69) is 65.8 Å². The third kappa shape index (κ3) is 73.6. The minimum Gasteiger partial charge on any atom is -0.462 e. The Morgan fingerprint density at radius 2 is 0.545 bits per heavy atom. The van der Waals surface area contributed by atoms with E-state index in [1.54, 1.807) is 0 Å². The van der Waals surface area contributed by atoms with E-state index in [4.69, 9.17) is 37.0 Å². The molecule has 0 aromatic carbocycles. The summed E-state index contributed by atoms with van der Waals surface area (Å²) in [4.78, 5) is 72.9. The first-order chi connectivity index (χ1) is 47.9. The molecule has 5 atom stereocenters. The molecule has 2 unspecified atom stereocenters. The van der Waals surface area contributed by atoms with Crippen LogP contribution in [0.5, 0.6) is 0 Å². The van der Waals surface area contributed by atoms with Crippen molar-refractivity contribution in [1.29, 1.82) is 0 Å². The van der Waals surface area contributed by atoms with Gasteiger partial charge in [0.15, 0.2) is 12.2 Å². The van der Waals surface area contributed by atoms with E-state index in [0.717, 1.165) is 121 Å². The Morgan fingerprint density at radius 1 is 0.313 bits per heavy atom. The number of ether oxygens (including phenoxy) is 4. The number of carbonyl (C=O) groups is 4. The Labute approximate surface area is 605 Å². The molecule has 99 heavy (non-hydrogen) atoms. The average Bonchev–Trinajstić information content (AvgIpc) is 1.12. The van der Waals surface area contributed by atoms with E-state index >= 15 is 0 Å². The molecule has 0 rings (SSSR count). The molecule has 0 bridgehead atoms. The predicted molar refractivity (Wildman–Crippen MR) is 404 cm³/mol. The van der Waals surface area contributed by atoms with Crippen molar-refractivity contribution < 1.29 is 80.2 Å². The molecule has 0 aliphatic carbocycles. The van der Waals surface area contributed by atoms with Gasteiger partial charge in [-0.15, -0.1) is 0 Å². The van der Waals surface area contributed by atoms with Crippen molar-refractivity contribution in [3.05, 3.63) is 24.3 Å². The summed E-state index contributed by atoms with van der Waals surface area (Å²) < 4.78 is 68.6. The molecule has 0 spiro atoms. The van der Waals surface area contributed by atoms with Crippen LogP contribution in [-0.2, 0) is 65.4 Å². The van der Waals surface area contributed by atoms with Gasteiger partial charge >= 0.3 is 39.5 Å². The van der Waals surface area contributed by atoms with Crippen LogP contribution in [0.15, 0.2) is 24.3 Å². The highest BCUT2D eigenvalue weighted by Crippen LogP contribution is 2.45. The summed E-state index contributed by atoms with van der Waals surface area (Å²) in [6.45, 7) is 9.47. The predicted octanol–water partition coefficient (Wildman–Crippen LogP) is 23.4. The number of aliphatic hydroxyl groups is 1. The van der Waals surface area contributed by atoms with Crippen LogP contribution in [0.1, 0.15) is 395 Å². The average molecular weight is 1450 g/mol. The molecule has 0 fully saturated rings. The molecule has 0 aliphatic heterocycles. The van der Waals surface area contributed by atoms with Crippen molar-refractivity contribution in [2.24, 2.45) is 11.8 Å². The maximum Gasteiger partial charge on any atom is 0.472 e. The van der Waals surface area contributed by atoms with Gasteiger partial charge < -0.3 is 33.8 Å². The molecular weight excluding hydrogens is 1290 g/mol. The van der Waals surface area contributed by atoms with Crippen molar-refractivity contribution in [1.82, 2.24) is 0 Å². The number of rotatable bonds is 77. The fourth-order valence-corrected chi connectivity index (χ4v) is 13.4. The van der Waals surface area contributed by atoms with Gasteiger partial charge in [-0.3, -0.25) is 37.3 Å². The molecular formula is C80H152O17P2. The van der Waals surface area contributed by atoms with Gasteiger partial charge in [-0.2, -0.15) is 0 Å². The first-order valence-corrected chi connectivity index (χ1v) is 43.8. The molecule has 0 aromatic heterocycles. The monoisotopic (exact) mass is 1450 g/mol. The van der Waals surface area contributed by atoms with Crippen LogP contribution in [0, 0.1) is 11.8 Å². The number of hydrogen-bond donors (Lipinski definition) is 3. The van der Waals surface area contributed by atoms with Gasteiger partial charge in [-0.05, 0) is 63.2 Å². The van der Waals surface area contributed by atoms with Crippen LogP contribution >= 0.6 is 15.6 Å². The summed E-state index contributed by atoms with van der Waals surface area (Å²) in [6, 6.07) is 0. The second-order valence-electron chi connectivity index (χ2n) is 29.1. The summed E-state index contributed by atoms with van der Waals surface area (Å²) in [5.74, 6) is -0.703. The number of carbonyl (C=O) groups excluding carboxylic acids is 4. The summed E-state index contributed by atoms with van der Waals surface area (Å²) in [7, 11) is -9.93. The van der Waals surface area contributed by atoms with Gasteiger partial charge in [-0.1, -0.05) is 342 Å². The van der Waals surface area contributed by atoms with Crippen LogP contribution < -0.4 is 0 Å². The van der Waals surface area contributed by atoms with Gasteiger partial charge in [-0.25, -0.2) is 9.13 Å². The highest BCUT2D eigenvalue weighted by Gasteiger charge is 2.30. The summed E-state index contributed by atoms with van der Waals surface area (Å²) >= 11 is 0. The molecule has 0 amide bonds. The van der Waals surface area contributed by atoms with Crippen LogP contribution in [0.4, 0.5) is 0 Å². The lowest BCUT2D eigenvalue weighted by Crippen LogP contribution is -2.30. The van der Waals surface area contributed by atoms with Crippen molar-refractivity contribution >= 4 is 39.5 Å². The lowest BCUT2D eigenvalue weighted by Gasteiger charge is -2.21. The third-order valence-electron chi connectivity index (χ3n) is 18.1. The number of unbranched alkanes of at least 4 members (excludes halogenated alkanes) is 44.